The van der Waals surface area contributed by atoms with E-state index in [2.05, 4.69) is 37.6 Å². The van der Waals surface area contributed by atoms with E-state index in [1.807, 2.05) is 24.1 Å². The van der Waals surface area contributed by atoms with Gasteiger partial charge in [-0.2, -0.15) is 0 Å². The fourth-order valence-corrected chi connectivity index (χ4v) is 4.81. The molecule has 1 atom stereocenters. The van der Waals surface area contributed by atoms with Crippen LogP contribution < -0.4 is 9.64 Å². The lowest BCUT2D eigenvalue weighted by Crippen LogP contribution is -2.30. The van der Waals surface area contributed by atoms with Crippen LogP contribution >= 0.6 is 0 Å². The number of aromatic nitrogens is 3. The molecule has 2 aliphatic rings. The highest BCUT2D eigenvalue weighted by Gasteiger charge is 2.26. The molecule has 3 heterocycles. The molecule has 1 saturated heterocycles. The Balaban J connectivity index is 1.56. The monoisotopic (exact) mass is 451 g/mol. The number of likely N-dealkylation sites (tertiary alicyclic amines) is 1. The van der Waals surface area contributed by atoms with E-state index in [0.717, 1.165) is 62.6 Å². The van der Waals surface area contributed by atoms with Gasteiger partial charge in [0.2, 0.25) is 0 Å². The summed E-state index contributed by atoms with van der Waals surface area (Å²) >= 11 is 0. The molecule has 4 rings (SSSR count). The minimum absolute atomic E-state index is 0.0193. The molecule has 0 N–H and O–H groups in total. The Hall–Kier alpha value is -2.54. The van der Waals surface area contributed by atoms with Crippen LogP contribution in [-0.4, -0.2) is 65.0 Å². The van der Waals surface area contributed by atoms with Crippen LogP contribution in [0.5, 0.6) is 5.75 Å². The molecule has 1 fully saturated rings. The summed E-state index contributed by atoms with van der Waals surface area (Å²) in [5, 5.41) is 0. The van der Waals surface area contributed by atoms with Crippen LogP contribution in [0, 0.1) is 5.41 Å². The molecule has 33 heavy (non-hydrogen) atoms. The van der Waals surface area contributed by atoms with Crippen LogP contribution in [-0.2, 0) is 17.6 Å². The van der Waals surface area contributed by atoms with Crippen molar-refractivity contribution in [2.45, 2.75) is 65.9 Å². The number of anilines is 1. The largest absolute Gasteiger partial charge is 0.489 e. The van der Waals surface area contributed by atoms with Gasteiger partial charge in [0.1, 0.15) is 23.4 Å². The van der Waals surface area contributed by atoms with Crippen molar-refractivity contribution in [2.75, 3.05) is 38.1 Å². The Morgan fingerprint density at radius 2 is 2.09 bits per heavy atom. The van der Waals surface area contributed by atoms with Gasteiger partial charge in [-0.1, -0.05) is 27.7 Å². The molecule has 0 bridgehead atoms. The molecular weight excluding hydrogens is 414 g/mol. The van der Waals surface area contributed by atoms with Gasteiger partial charge in [0.25, 0.3) is 0 Å². The van der Waals surface area contributed by atoms with Crippen molar-refractivity contribution >= 4 is 11.6 Å². The summed E-state index contributed by atoms with van der Waals surface area (Å²) < 4.78 is 6.25. The molecule has 0 unspecified atom stereocenters. The van der Waals surface area contributed by atoms with Gasteiger partial charge in [-0.05, 0) is 43.7 Å². The lowest BCUT2D eigenvalue weighted by Gasteiger charge is -2.23. The van der Waals surface area contributed by atoms with Gasteiger partial charge in [0.15, 0.2) is 11.6 Å². The maximum atomic E-state index is 12.6. The van der Waals surface area contributed by atoms with Crippen LogP contribution in [0.4, 0.5) is 5.82 Å². The number of likely N-dealkylation sites (N-methyl/N-ethyl adjacent to an activating group) is 2. The lowest BCUT2D eigenvalue weighted by molar-refractivity contribution is -0.119. The smallest absolute Gasteiger partial charge is 0.180 e. The molecule has 1 aliphatic carbocycles. The third-order valence-electron chi connectivity index (χ3n) is 6.35. The van der Waals surface area contributed by atoms with Crippen LogP contribution in [0.3, 0.4) is 0 Å². The number of carbonyl (C=O) groups is 1. The minimum atomic E-state index is -0.0193. The molecular formula is C26H37N5O2. The summed E-state index contributed by atoms with van der Waals surface area (Å²) in [6, 6.07) is 3.85. The van der Waals surface area contributed by atoms with Gasteiger partial charge in [0.05, 0.1) is 6.54 Å². The van der Waals surface area contributed by atoms with E-state index in [1.54, 1.807) is 6.20 Å². The number of hydrogen-bond acceptors (Lipinski definition) is 7. The molecule has 2 aromatic heterocycles. The molecule has 0 saturated carbocycles. The van der Waals surface area contributed by atoms with Gasteiger partial charge in [0, 0.05) is 50.1 Å². The number of aryl methyl sites for hydroxylation is 1. The molecule has 178 valence electrons. The maximum Gasteiger partial charge on any atom is 0.180 e. The zero-order valence-electron chi connectivity index (χ0n) is 20.7. The summed E-state index contributed by atoms with van der Waals surface area (Å²) in [5.74, 6) is 2.50. The Bertz CT molecular complexity index is 1000. The highest BCUT2D eigenvalue weighted by molar-refractivity contribution is 5.84. The fraction of sp³-hybridized carbons (Fsp3) is 0.615. The van der Waals surface area contributed by atoms with Gasteiger partial charge in [-0.3, -0.25) is 14.7 Å². The minimum Gasteiger partial charge on any atom is -0.489 e. The number of nitrogens with zero attached hydrogens (tertiary/aromatic N) is 5. The van der Waals surface area contributed by atoms with Crippen LogP contribution in [0.2, 0.25) is 0 Å². The van der Waals surface area contributed by atoms with E-state index < -0.39 is 0 Å². The highest BCUT2D eigenvalue weighted by atomic mass is 16.5. The van der Waals surface area contributed by atoms with Crippen molar-refractivity contribution in [1.82, 2.24) is 19.9 Å². The molecule has 0 aromatic carbocycles. The summed E-state index contributed by atoms with van der Waals surface area (Å²) in [6.45, 7) is 11.9. The third-order valence-corrected chi connectivity index (χ3v) is 6.35. The second kappa shape index (κ2) is 9.75. The second-order valence-corrected chi connectivity index (χ2v) is 10.6. The van der Waals surface area contributed by atoms with E-state index in [9.17, 15) is 4.79 Å². The zero-order valence-corrected chi connectivity index (χ0v) is 20.7. The number of carbonyl (C=O) groups excluding carboxylic acids is 1. The predicted molar refractivity (Wildman–Crippen MR) is 131 cm³/mol. The van der Waals surface area contributed by atoms with Crippen molar-refractivity contribution in [1.29, 1.82) is 0 Å². The number of pyridine rings is 1. The summed E-state index contributed by atoms with van der Waals surface area (Å²) in [7, 11) is 1.96. The summed E-state index contributed by atoms with van der Waals surface area (Å²) in [6.07, 6.45) is 6.52. The number of rotatable bonds is 8. The molecule has 7 heteroatoms. The van der Waals surface area contributed by atoms with Crippen molar-refractivity contribution < 1.29 is 9.53 Å². The number of ketones is 1. The standard InChI is InChI=1S/C26H37N5O2/c1-6-31-13-11-20(17-31)33-19-10-12-27-23(14-19)24-28-22-9-7-8-21(22)25(29-24)30(5)16-18(32)15-26(2,3)4/h10,12,14,20H,6-9,11,13,15-17H2,1-5H3/t20-/m1/s1. The first-order valence-electron chi connectivity index (χ1n) is 12.2. The first-order valence-corrected chi connectivity index (χ1v) is 12.2. The normalized spacial score (nSPS) is 18.4. The van der Waals surface area contributed by atoms with E-state index in [-0.39, 0.29) is 17.3 Å². The molecule has 0 radical (unpaired) electrons. The van der Waals surface area contributed by atoms with Gasteiger partial charge in [-0.15, -0.1) is 0 Å². The number of fused-ring (bicyclic) bond motifs is 1. The van der Waals surface area contributed by atoms with Crippen LogP contribution in [0.15, 0.2) is 18.3 Å². The summed E-state index contributed by atoms with van der Waals surface area (Å²) in [4.78, 5) is 31.3. The number of ether oxygens (including phenoxy) is 1. The highest BCUT2D eigenvalue weighted by Crippen LogP contribution is 2.32. The molecule has 1 aliphatic heterocycles. The fourth-order valence-electron chi connectivity index (χ4n) is 4.81. The van der Waals surface area contributed by atoms with Crippen LogP contribution in [0.1, 0.15) is 58.2 Å². The van der Waals surface area contributed by atoms with Gasteiger partial charge < -0.3 is 9.64 Å². The first kappa shape index (κ1) is 23.6. The first-order chi connectivity index (χ1) is 15.7. The Morgan fingerprint density at radius 1 is 1.27 bits per heavy atom. The molecule has 7 nitrogen and oxygen atoms in total. The summed E-state index contributed by atoms with van der Waals surface area (Å²) in [5.41, 5.74) is 2.94. The topological polar surface area (TPSA) is 71.5 Å². The molecule has 0 amide bonds. The average Bonchev–Trinajstić information content (AvgIpc) is 3.40. The van der Waals surface area contributed by atoms with Gasteiger partial charge >= 0.3 is 0 Å². The zero-order chi connectivity index (χ0) is 23.6. The molecule has 2 aromatic rings. The van der Waals surface area contributed by atoms with Crippen molar-refractivity contribution in [3.8, 4) is 17.3 Å². The van der Waals surface area contributed by atoms with E-state index in [4.69, 9.17) is 14.7 Å². The third kappa shape index (κ3) is 5.88. The van der Waals surface area contributed by atoms with Gasteiger partial charge in [-0.25, -0.2) is 9.97 Å². The van der Waals surface area contributed by atoms with Crippen molar-refractivity contribution in [3.63, 3.8) is 0 Å². The second-order valence-electron chi connectivity index (χ2n) is 10.6. The van der Waals surface area contributed by atoms with Crippen molar-refractivity contribution in [3.05, 3.63) is 29.6 Å². The maximum absolute atomic E-state index is 12.6. The predicted octanol–water partition coefficient (Wildman–Crippen LogP) is 3.94. The average molecular weight is 452 g/mol. The van der Waals surface area contributed by atoms with Crippen LogP contribution in [0.25, 0.3) is 11.5 Å². The quantitative estimate of drug-likeness (QED) is 0.602. The Kier molecular flexibility index (Phi) is 6.98. The molecule has 0 spiro atoms. The Morgan fingerprint density at radius 3 is 2.82 bits per heavy atom. The van der Waals surface area contributed by atoms with E-state index in [1.165, 1.54) is 5.56 Å². The SMILES string of the molecule is CCN1CC[C@@H](Oc2ccnc(-c3nc4c(c(N(C)CC(=O)CC(C)(C)C)n3)CCC4)c2)C1. The number of hydrogen-bond donors (Lipinski definition) is 0. The number of Topliss-reactive ketones (excluding diaryl/α,β-unsaturated/α-hetero) is 1. The van der Waals surface area contributed by atoms with E-state index >= 15 is 0 Å². The lowest BCUT2D eigenvalue weighted by atomic mass is 9.90. The Labute approximate surface area is 197 Å². The van der Waals surface area contributed by atoms with Crippen molar-refractivity contribution in [2.24, 2.45) is 5.41 Å². The van der Waals surface area contributed by atoms with E-state index in [0.29, 0.717) is 24.5 Å².